The van der Waals surface area contributed by atoms with E-state index in [0.717, 1.165) is 17.5 Å². The molecule has 0 spiro atoms. The predicted molar refractivity (Wildman–Crippen MR) is 140 cm³/mol. The number of aryl methyl sites for hydroxylation is 1. The Hall–Kier alpha value is -3.12. The second-order valence-corrected chi connectivity index (χ2v) is 10.5. The van der Waals surface area contributed by atoms with E-state index in [1.54, 1.807) is 0 Å². The Kier molecular flexibility index (Phi) is 9.71. The fourth-order valence-corrected chi connectivity index (χ4v) is 4.81. The zero-order valence-corrected chi connectivity index (χ0v) is 21.6. The van der Waals surface area contributed by atoms with Gasteiger partial charge in [0.1, 0.15) is 12.1 Å². The summed E-state index contributed by atoms with van der Waals surface area (Å²) < 4.78 is 10.7. The quantitative estimate of drug-likeness (QED) is 0.351. The molecule has 0 radical (unpaired) electrons. The number of hydrogen-bond acceptors (Lipinski definition) is 5. The van der Waals surface area contributed by atoms with Gasteiger partial charge in [0, 0.05) is 0 Å². The van der Waals surface area contributed by atoms with Crippen LogP contribution < -0.4 is 5.32 Å². The van der Waals surface area contributed by atoms with E-state index in [0.29, 0.717) is 32.1 Å². The third-order valence-electron chi connectivity index (χ3n) is 7.19. The molecule has 194 valence electrons. The van der Waals surface area contributed by atoms with Crippen molar-refractivity contribution in [3.05, 3.63) is 83.9 Å². The van der Waals surface area contributed by atoms with Crippen molar-refractivity contribution in [3.63, 3.8) is 0 Å². The number of benzene rings is 2. The van der Waals surface area contributed by atoms with Gasteiger partial charge in [0.2, 0.25) is 0 Å². The molecular weight excluding hydrogens is 454 g/mol. The van der Waals surface area contributed by atoms with Crippen molar-refractivity contribution in [1.82, 2.24) is 5.32 Å². The van der Waals surface area contributed by atoms with Crippen molar-refractivity contribution in [2.24, 2.45) is 11.3 Å². The first kappa shape index (κ1) is 27.5. The zero-order chi connectivity index (χ0) is 26.0. The van der Waals surface area contributed by atoms with Gasteiger partial charge in [-0.15, -0.1) is 0 Å². The average molecular weight is 494 g/mol. The third-order valence-corrected chi connectivity index (χ3v) is 7.19. The smallest absolute Gasteiger partial charge is 0.408 e. The van der Waals surface area contributed by atoms with Crippen molar-refractivity contribution in [2.75, 3.05) is 7.11 Å². The van der Waals surface area contributed by atoms with Gasteiger partial charge in [-0.1, -0.05) is 86.7 Å². The first-order valence-corrected chi connectivity index (χ1v) is 12.7. The second-order valence-electron chi connectivity index (χ2n) is 10.5. The van der Waals surface area contributed by atoms with E-state index in [-0.39, 0.29) is 17.9 Å². The number of carbonyl (C=O) groups is 2. The molecule has 3 atom stereocenters. The number of alkyl carbamates (subject to hydrolysis) is 1. The molecule has 2 aromatic carbocycles. The van der Waals surface area contributed by atoms with Gasteiger partial charge >= 0.3 is 12.1 Å². The zero-order valence-electron chi connectivity index (χ0n) is 21.6. The molecule has 36 heavy (non-hydrogen) atoms. The number of aliphatic hydroxyl groups excluding tert-OH is 1. The van der Waals surface area contributed by atoms with Crippen LogP contribution in [0, 0.1) is 11.3 Å². The highest BCUT2D eigenvalue weighted by atomic mass is 16.6. The SMILES string of the molecule is COC(=O)[C@@](CCc1ccccc1)(C[C@H]1C/C=C\CC(C)(C)[C@H](O)C1)NC(=O)OCc1ccccc1. The highest BCUT2D eigenvalue weighted by Gasteiger charge is 2.44. The summed E-state index contributed by atoms with van der Waals surface area (Å²) in [6.45, 7) is 4.20. The van der Waals surface area contributed by atoms with Crippen LogP contribution in [-0.2, 0) is 27.3 Å². The molecule has 0 aliphatic heterocycles. The van der Waals surface area contributed by atoms with Gasteiger partial charge < -0.3 is 19.9 Å². The van der Waals surface area contributed by atoms with Crippen LogP contribution >= 0.6 is 0 Å². The summed E-state index contributed by atoms with van der Waals surface area (Å²) in [4.78, 5) is 26.3. The van der Waals surface area contributed by atoms with Crippen LogP contribution in [0.3, 0.4) is 0 Å². The van der Waals surface area contributed by atoms with Crippen LogP contribution in [0.25, 0.3) is 0 Å². The molecule has 0 unspecified atom stereocenters. The van der Waals surface area contributed by atoms with E-state index < -0.39 is 23.7 Å². The van der Waals surface area contributed by atoms with Crippen molar-refractivity contribution in [2.45, 2.75) is 70.6 Å². The van der Waals surface area contributed by atoms with Crippen molar-refractivity contribution in [1.29, 1.82) is 0 Å². The number of methoxy groups -OCH3 is 1. The number of carbonyl (C=O) groups excluding carboxylic acids is 2. The van der Waals surface area contributed by atoms with Gasteiger partial charge in [0.25, 0.3) is 0 Å². The fourth-order valence-electron chi connectivity index (χ4n) is 4.81. The van der Waals surface area contributed by atoms with E-state index in [1.165, 1.54) is 7.11 Å². The molecule has 0 saturated carbocycles. The number of rotatable bonds is 9. The number of allylic oxidation sites excluding steroid dienone is 2. The maximum absolute atomic E-state index is 13.3. The van der Waals surface area contributed by atoms with Crippen LogP contribution in [0.15, 0.2) is 72.8 Å². The number of aliphatic hydroxyl groups is 1. The lowest BCUT2D eigenvalue weighted by molar-refractivity contribution is -0.150. The summed E-state index contributed by atoms with van der Waals surface area (Å²) in [5, 5.41) is 13.8. The van der Waals surface area contributed by atoms with E-state index in [1.807, 2.05) is 74.5 Å². The molecule has 0 aromatic heterocycles. The second kappa shape index (κ2) is 12.7. The summed E-state index contributed by atoms with van der Waals surface area (Å²) in [7, 11) is 1.34. The van der Waals surface area contributed by atoms with E-state index in [4.69, 9.17) is 9.47 Å². The van der Waals surface area contributed by atoms with Gasteiger partial charge in [-0.25, -0.2) is 9.59 Å². The number of ether oxygens (including phenoxy) is 2. The normalized spacial score (nSPS) is 21.8. The lowest BCUT2D eigenvalue weighted by Gasteiger charge is -2.38. The minimum absolute atomic E-state index is 0.0277. The lowest BCUT2D eigenvalue weighted by Crippen LogP contribution is -2.56. The van der Waals surface area contributed by atoms with Crippen molar-refractivity contribution in [3.8, 4) is 0 Å². The molecule has 2 N–H and O–H groups in total. The van der Waals surface area contributed by atoms with E-state index in [9.17, 15) is 14.7 Å². The van der Waals surface area contributed by atoms with E-state index >= 15 is 0 Å². The van der Waals surface area contributed by atoms with Gasteiger partial charge in [-0.3, -0.25) is 0 Å². The van der Waals surface area contributed by atoms with Gasteiger partial charge in [-0.05, 0) is 61.0 Å². The molecule has 0 saturated heterocycles. The molecule has 0 heterocycles. The summed E-state index contributed by atoms with van der Waals surface area (Å²) in [5.74, 6) is -0.532. The van der Waals surface area contributed by atoms with Crippen LogP contribution in [0.5, 0.6) is 0 Å². The average Bonchev–Trinajstić information content (AvgIpc) is 2.88. The highest BCUT2D eigenvalue weighted by molar-refractivity contribution is 5.85. The molecule has 6 nitrogen and oxygen atoms in total. The highest BCUT2D eigenvalue weighted by Crippen LogP contribution is 2.37. The maximum Gasteiger partial charge on any atom is 0.408 e. The van der Waals surface area contributed by atoms with Crippen molar-refractivity contribution < 1.29 is 24.2 Å². The molecule has 3 rings (SSSR count). The maximum atomic E-state index is 13.3. The Labute approximate surface area is 214 Å². The minimum atomic E-state index is -1.29. The first-order valence-electron chi connectivity index (χ1n) is 12.7. The van der Waals surface area contributed by atoms with Gasteiger partial charge in [0.15, 0.2) is 0 Å². The number of amides is 1. The minimum Gasteiger partial charge on any atom is -0.467 e. The molecule has 2 aromatic rings. The Morgan fingerprint density at radius 3 is 2.31 bits per heavy atom. The number of nitrogens with one attached hydrogen (secondary N) is 1. The van der Waals surface area contributed by atoms with Crippen LogP contribution in [0.2, 0.25) is 0 Å². The summed E-state index contributed by atoms with van der Waals surface area (Å²) in [5.41, 5.74) is 0.356. The Morgan fingerprint density at radius 2 is 1.67 bits per heavy atom. The van der Waals surface area contributed by atoms with E-state index in [2.05, 4.69) is 17.5 Å². The van der Waals surface area contributed by atoms with Crippen molar-refractivity contribution >= 4 is 12.1 Å². The summed E-state index contributed by atoms with van der Waals surface area (Å²) in [6, 6.07) is 19.3. The van der Waals surface area contributed by atoms with Crippen LogP contribution in [0.1, 0.15) is 57.1 Å². The largest absolute Gasteiger partial charge is 0.467 e. The molecule has 1 aliphatic rings. The lowest BCUT2D eigenvalue weighted by atomic mass is 9.73. The Balaban J connectivity index is 1.84. The molecule has 0 bridgehead atoms. The third kappa shape index (κ3) is 7.69. The Morgan fingerprint density at radius 1 is 1.03 bits per heavy atom. The van der Waals surface area contributed by atoms with Crippen LogP contribution in [-0.4, -0.2) is 35.9 Å². The standard InChI is InChI=1S/C30H39NO5/c1-29(2)18-11-10-16-25(20-26(29)32)21-30(27(33)35-3,19-17-23-12-6-4-7-13-23)31-28(34)36-22-24-14-8-5-9-15-24/h4-15,25-26,32H,16-22H2,1-3H3,(H,31,34)/b11-10-/t25-,26+,30+/m0/s1. The molecule has 0 fully saturated rings. The monoisotopic (exact) mass is 493 g/mol. The van der Waals surface area contributed by atoms with Crippen LogP contribution in [0.4, 0.5) is 4.79 Å². The molecule has 6 heteroatoms. The first-order chi connectivity index (χ1) is 17.2. The van der Waals surface area contributed by atoms with Gasteiger partial charge in [0.05, 0.1) is 13.2 Å². The summed E-state index contributed by atoms with van der Waals surface area (Å²) >= 11 is 0. The molecule has 1 amide bonds. The van der Waals surface area contributed by atoms with Gasteiger partial charge in [-0.2, -0.15) is 0 Å². The molecule has 1 aliphatic carbocycles. The number of esters is 1. The summed E-state index contributed by atoms with van der Waals surface area (Å²) in [6.07, 6.45) is 6.31. The molecular formula is C30H39NO5. The topological polar surface area (TPSA) is 84.9 Å². The Bertz CT molecular complexity index is 1000. The predicted octanol–water partition coefficient (Wildman–Crippen LogP) is 5.59. The number of hydrogen-bond donors (Lipinski definition) is 2. The fraction of sp³-hybridized carbons (Fsp3) is 0.467.